The number of hydrogen-bond acceptors (Lipinski definition) is 4. The maximum Gasteiger partial charge on any atom is 0.373 e. The molecule has 1 N–H and O–H groups in total. The molecule has 0 aliphatic carbocycles. The van der Waals surface area contributed by atoms with Crippen LogP contribution in [0.2, 0.25) is 0 Å². The first-order valence-electron chi connectivity index (χ1n) is 4.97. The predicted octanol–water partition coefficient (Wildman–Crippen LogP) is 2.02. The summed E-state index contributed by atoms with van der Waals surface area (Å²) in [7, 11) is 1.31. The van der Waals surface area contributed by atoms with Crippen LogP contribution in [-0.2, 0) is 11.2 Å². The third-order valence-electron chi connectivity index (χ3n) is 2.26. The van der Waals surface area contributed by atoms with E-state index in [1.807, 2.05) is 13.0 Å². The molecule has 0 atom stereocenters. The summed E-state index contributed by atoms with van der Waals surface area (Å²) >= 11 is 0. The number of ether oxygens (including phenoxy) is 1. The Bertz CT molecular complexity index is 499. The van der Waals surface area contributed by atoms with Crippen molar-refractivity contribution in [2.24, 2.45) is 0 Å². The highest BCUT2D eigenvalue weighted by atomic mass is 16.5. The molecule has 2 heterocycles. The number of aromatic nitrogens is 2. The van der Waals surface area contributed by atoms with Crippen LogP contribution in [0.5, 0.6) is 0 Å². The molecule has 2 aromatic heterocycles. The molecule has 0 saturated heterocycles. The Morgan fingerprint density at radius 2 is 2.38 bits per heavy atom. The van der Waals surface area contributed by atoms with E-state index in [0.717, 1.165) is 12.1 Å². The van der Waals surface area contributed by atoms with Gasteiger partial charge in [0.15, 0.2) is 5.76 Å². The first-order valence-corrected chi connectivity index (χ1v) is 4.97. The minimum Gasteiger partial charge on any atom is -0.463 e. The van der Waals surface area contributed by atoms with Crippen LogP contribution in [0.1, 0.15) is 23.2 Å². The van der Waals surface area contributed by atoms with Crippen LogP contribution in [-0.4, -0.2) is 23.3 Å². The van der Waals surface area contributed by atoms with E-state index in [1.165, 1.54) is 7.11 Å². The standard InChI is InChI=1S/C11H12N2O3/c1-3-7-6-8(13-12-7)9-4-5-10(16-9)11(14)15-2/h4-6H,3H2,1-2H3,(H,12,13). The van der Waals surface area contributed by atoms with Crippen molar-refractivity contribution < 1.29 is 13.9 Å². The van der Waals surface area contributed by atoms with Gasteiger partial charge in [-0.2, -0.15) is 5.10 Å². The summed E-state index contributed by atoms with van der Waals surface area (Å²) in [6, 6.07) is 5.16. The molecule has 5 heteroatoms. The van der Waals surface area contributed by atoms with Gasteiger partial charge in [-0.3, -0.25) is 5.10 Å². The van der Waals surface area contributed by atoms with Gasteiger partial charge in [-0.15, -0.1) is 0 Å². The molecule has 0 saturated carbocycles. The van der Waals surface area contributed by atoms with Gasteiger partial charge in [-0.05, 0) is 24.6 Å². The van der Waals surface area contributed by atoms with Crippen molar-refractivity contribution in [1.29, 1.82) is 0 Å². The number of aryl methyl sites for hydroxylation is 1. The molecule has 84 valence electrons. The summed E-state index contributed by atoms with van der Waals surface area (Å²) < 4.78 is 9.87. The molecule has 5 nitrogen and oxygen atoms in total. The molecule has 0 radical (unpaired) electrons. The zero-order valence-electron chi connectivity index (χ0n) is 9.11. The van der Waals surface area contributed by atoms with E-state index < -0.39 is 5.97 Å². The summed E-state index contributed by atoms with van der Waals surface area (Å²) in [6.07, 6.45) is 0.873. The van der Waals surface area contributed by atoms with E-state index in [-0.39, 0.29) is 5.76 Å². The van der Waals surface area contributed by atoms with Crippen molar-refractivity contribution >= 4 is 5.97 Å². The van der Waals surface area contributed by atoms with E-state index >= 15 is 0 Å². The quantitative estimate of drug-likeness (QED) is 0.803. The number of nitrogens with zero attached hydrogens (tertiary/aromatic N) is 1. The summed E-state index contributed by atoms with van der Waals surface area (Å²) in [5.41, 5.74) is 1.71. The highest BCUT2D eigenvalue weighted by Gasteiger charge is 2.13. The van der Waals surface area contributed by atoms with Gasteiger partial charge < -0.3 is 9.15 Å². The number of methoxy groups -OCH3 is 1. The number of carbonyl (C=O) groups excluding carboxylic acids is 1. The molecule has 16 heavy (non-hydrogen) atoms. The molecule has 0 aromatic carbocycles. The Morgan fingerprint density at radius 3 is 3.00 bits per heavy atom. The van der Waals surface area contributed by atoms with Crippen molar-refractivity contribution in [2.75, 3.05) is 7.11 Å². The van der Waals surface area contributed by atoms with E-state index in [2.05, 4.69) is 14.9 Å². The first-order chi connectivity index (χ1) is 7.74. The average Bonchev–Trinajstić information content (AvgIpc) is 2.95. The molecule has 0 aliphatic rings. The van der Waals surface area contributed by atoms with Gasteiger partial charge in [0.1, 0.15) is 5.69 Å². The predicted molar refractivity (Wildman–Crippen MR) is 57.0 cm³/mol. The molecule has 0 spiro atoms. The van der Waals surface area contributed by atoms with Crippen LogP contribution in [0.25, 0.3) is 11.5 Å². The summed E-state index contributed by atoms with van der Waals surface area (Å²) in [5.74, 6) is 0.243. The van der Waals surface area contributed by atoms with Crippen LogP contribution in [0, 0.1) is 0 Å². The molecule has 0 bridgehead atoms. The molecule has 0 fully saturated rings. The van der Waals surface area contributed by atoms with E-state index in [0.29, 0.717) is 11.5 Å². The Morgan fingerprint density at radius 1 is 1.56 bits per heavy atom. The lowest BCUT2D eigenvalue weighted by Crippen LogP contribution is -1.98. The SMILES string of the molecule is CCc1cc(-c2ccc(C(=O)OC)o2)n[nH]1. The van der Waals surface area contributed by atoms with Crippen molar-refractivity contribution in [3.8, 4) is 11.5 Å². The lowest BCUT2D eigenvalue weighted by atomic mass is 10.3. The van der Waals surface area contributed by atoms with E-state index in [1.54, 1.807) is 12.1 Å². The van der Waals surface area contributed by atoms with Crippen molar-refractivity contribution in [3.63, 3.8) is 0 Å². The number of esters is 1. The number of H-pyrrole nitrogens is 1. The summed E-state index contributed by atoms with van der Waals surface area (Å²) in [5, 5.41) is 6.97. The average molecular weight is 220 g/mol. The van der Waals surface area contributed by atoms with Gasteiger partial charge in [-0.25, -0.2) is 4.79 Å². The molecule has 2 aromatic rings. The number of aromatic amines is 1. The maximum atomic E-state index is 11.2. The Labute approximate surface area is 92.4 Å². The highest BCUT2D eigenvalue weighted by Crippen LogP contribution is 2.21. The molecular weight excluding hydrogens is 208 g/mol. The third-order valence-corrected chi connectivity index (χ3v) is 2.26. The second-order valence-electron chi connectivity index (χ2n) is 3.29. The zero-order chi connectivity index (χ0) is 11.5. The molecule has 2 rings (SSSR count). The number of carbonyl (C=O) groups is 1. The Kier molecular flexibility index (Phi) is 2.76. The van der Waals surface area contributed by atoms with Crippen molar-refractivity contribution in [1.82, 2.24) is 10.2 Å². The lowest BCUT2D eigenvalue weighted by molar-refractivity contribution is 0.0566. The van der Waals surface area contributed by atoms with Gasteiger partial charge in [0.05, 0.1) is 7.11 Å². The fourth-order valence-corrected chi connectivity index (χ4v) is 1.35. The minimum absolute atomic E-state index is 0.179. The van der Waals surface area contributed by atoms with Gasteiger partial charge in [-0.1, -0.05) is 6.92 Å². The molecule has 0 aliphatic heterocycles. The first kappa shape index (κ1) is 10.5. The van der Waals surface area contributed by atoms with Gasteiger partial charge in [0, 0.05) is 5.69 Å². The fourth-order valence-electron chi connectivity index (χ4n) is 1.35. The zero-order valence-corrected chi connectivity index (χ0v) is 9.11. The van der Waals surface area contributed by atoms with E-state index in [4.69, 9.17) is 4.42 Å². The van der Waals surface area contributed by atoms with Gasteiger partial charge in [0.25, 0.3) is 0 Å². The second-order valence-corrected chi connectivity index (χ2v) is 3.29. The van der Waals surface area contributed by atoms with Gasteiger partial charge in [0.2, 0.25) is 5.76 Å². The maximum absolute atomic E-state index is 11.2. The fraction of sp³-hybridized carbons (Fsp3) is 0.273. The number of furan rings is 1. The number of nitrogens with one attached hydrogen (secondary N) is 1. The van der Waals surface area contributed by atoms with Crippen LogP contribution in [0.4, 0.5) is 0 Å². The van der Waals surface area contributed by atoms with Crippen LogP contribution in [0.3, 0.4) is 0 Å². The van der Waals surface area contributed by atoms with Crippen LogP contribution >= 0.6 is 0 Å². The second kappa shape index (κ2) is 4.22. The minimum atomic E-state index is -0.488. The van der Waals surface area contributed by atoms with Crippen molar-refractivity contribution in [3.05, 3.63) is 29.7 Å². The largest absolute Gasteiger partial charge is 0.463 e. The van der Waals surface area contributed by atoms with Gasteiger partial charge >= 0.3 is 5.97 Å². The normalized spacial score (nSPS) is 10.4. The molecule has 0 unspecified atom stereocenters. The highest BCUT2D eigenvalue weighted by molar-refractivity contribution is 5.86. The summed E-state index contributed by atoms with van der Waals surface area (Å²) in [6.45, 7) is 2.03. The van der Waals surface area contributed by atoms with Crippen molar-refractivity contribution in [2.45, 2.75) is 13.3 Å². The molecular formula is C11H12N2O3. The smallest absolute Gasteiger partial charge is 0.373 e. The Balaban J connectivity index is 2.27. The Hall–Kier alpha value is -2.04. The monoisotopic (exact) mass is 220 g/mol. The third kappa shape index (κ3) is 1.84. The molecule has 0 amide bonds. The summed E-state index contributed by atoms with van der Waals surface area (Å²) in [4.78, 5) is 11.2. The lowest BCUT2D eigenvalue weighted by Gasteiger charge is -1.92. The van der Waals surface area contributed by atoms with Crippen LogP contribution in [0.15, 0.2) is 22.6 Å². The van der Waals surface area contributed by atoms with E-state index in [9.17, 15) is 4.79 Å². The topological polar surface area (TPSA) is 68.1 Å². The van der Waals surface area contributed by atoms with Crippen LogP contribution < -0.4 is 0 Å². The number of rotatable bonds is 3. The number of hydrogen-bond donors (Lipinski definition) is 1.